The molecule has 0 saturated heterocycles. The van der Waals surface area contributed by atoms with Crippen molar-refractivity contribution in [3.8, 4) is 0 Å². The molecule has 1 aliphatic rings. The first kappa shape index (κ1) is 15.4. The van der Waals surface area contributed by atoms with Gasteiger partial charge in [-0.2, -0.15) is 0 Å². The predicted molar refractivity (Wildman–Crippen MR) is 87.7 cm³/mol. The SMILES string of the molecule is CC[NH+](CC)CCCNc1ccc(C2CCCC2)cc1. The molecule has 1 aromatic carbocycles. The maximum Gasteiger partial charge on any atom is 0.0787 e. The van der Waals surface area contributed by atoms with Crippen LogP contribution in [0.15, 0.2) is 24.3 Å². The molecule has 0 amide bonds. The normalized spacial score (nSPS) is 15.9. The molecular weight excluding hydrogens is 244 g/mol. The maximum absolute atomic E-state index is 3.55. The molecule has 0 radical (unpaired) electrons. The molecule has 0 aliphatic heterocycles. The van der Waals surface area contributed by atoms with E-state index in [0.717, 1.165) is 12.5 Å². The van der Waals surface area contributed by atoms with Crippen molar-refractivity contribution in [1.82, 2.24) is 0 Å². The number of nitrogens with one attached hydrogen (secondary N) is 2. The van der Waals surface area contributed by atoms with Gasteiger partial charge in [0.25, 0.3) is 0 Å². The summed E-state index contributed by atoms with van der Waals surface area (Å²) in [6.07, 6.45) is 6.86. The van der Waals surface area contributed by atoms with Crippen molar-refractivity contribution in [2.24, 2.45) is 0 Å². The van der Waals surface area contributed by atoms with E-state index in [-0.39, 0.29) is 0 Å². The molecule has 2 heteroatoms. The van der Waals surface area contributed by atoms with Crippen LogP contribution in [0.3, 0.4) is 0 Å². The first-order valence-corrected chi connectivity index (χ1v) is 8.50. The van der Waals surface area contributed by atoms with E-state index in [1.807, 2.05) is 0 Å². The fraction of sp³-hybridized carbons (Fsp3) is 0.667. The molecule has 1 aromatic rings. The summed E-state index contributed by atoms with van der Waals surface area (Å²) in [4.78, 5) is 1.70. The van der Waals surface area contributed by atoms with Gasteiger partial charge in [-0.05, 0) is 50.3 Å². The quantitative estimate of drug-likeness (QED) is 0.697. The third kappa shape index (κ3) is 4.52. The Hall–Kier alpha value is -1.02. The maximum atomic E-state index is 3.55. The monoisotopic (exact) mass is 275 g/mol. The molecule has 1 fully saturated rings. The minimum Gasteiger partial charge on any atom is -0.385 e. The lowest BCUT2D eigenvalue weighted by molar-refractivity contribution is -0.896. The molecule has 112 valence electrons. The van der Waals surface area contributed by atoms with Gasteiger partial charge in [0.2, 0.25) is 0 Å². The van der Waals surface area contributed by atoms with E-state index >= 15 is 0 Å². The van der Waals surface area contributed by atoms with Crippen LogP contribution in [-0.4, -0.2) is 26.2 Å². The average molecular weight is 275 g/mol. The summed E-state index contributed by atoms with van der Waals surface area (Å²) < 4.78 is 0. The molecule has 0 unspecified atom stereocenters. The van der Waals surface area contributed by atoms with Crippen LogP contribution in [0, 0.1) is 0 Å². The Balaban J connectivity index is 1.71. The Morgan fingerprint density at radius 3 is 2.30 bits per heavy atom. The number of rotatable bonds is 8. The summed E-state index contributed by atoms with van der Waals surface area (Å²) >= 11 is 0. The zero-order valence-electron chi connectivity index (χ0n) is 13.3. The van der Waals surface area contributed by atoms with Crippen molar-refractivity contribution in [3.63, 3.8) is 0 Å². The number of quaternary nitrogens is 1. The van der Waals surface area contributed by atoms with E-state index < -0.39 is 0 Å². The lowest BCUT2D eigenvalue weighted by Crippen LogP contribution is -3.11. The second-order valence-corrected chi connectivity index (χ2v) is 6.09. The summed E-state index contributed by atoms with van der Waals surface area (Å²) in [6.45, 7) is 9.40. The van der Waals surface area contributed by atoms with Gasteiger partial charge >= 0.3 is 0 Å². The second-order valence-electron chi connectivity index (χ2n) is 6.09. The highest BCUT2D eigenvalue weighted by Gasteiger charge is 2.16. The first-order chi connectivity index (χ1) is 9.83. The van der Waals surface area contributed by atoms with E-state index in [0.29, 0.717) is 0 Å². The summed E-state index contributed by atoms with van der Waals surface area (Å²) in [5.41, 5.74) is 2.82. The van der Waals surface area contributed by atoms with Crippen LogP contribution >= 0.6 is 0 Å². The van der Waals surface area contributed by atoms with Crippen molar-refractivity contribution in [1.29, 1.82) is 0 Å². The fourth-order valence-electron chi connectivity index (χ4n) is 3.31. The highest BCUT2D eigenvalue weighted by molar-refractivity contribution is 5.45. The molecule has 0 spiro atoms. The van der Waals surface area contributed by atoms with E-state index in [9.17, 15) is 0 Å². The minimum absolute atomic E-state index is 0.829. The van der Waals surface area contributed by atoms with Crippen LogP contribution in [0.5, 0.6) is 0 Å². The molecular formula is C18H31N2+. The third-order valence-electron chi connectivity index (χ3n) is 4.77. The Bertz CT molecular complexity index is 362. The average Bonchev–Trinajstić information content (AvgIpc) is 3.02. The zero-order chi connectivity index (χ0) is 14.2. The van der Waals surface area contributed by atoms with Crippen LogP contribution in [0.25, 0.3) is 0 Å². The van der Waals surface area contributed by atoms with Gasteiger partial charge in [-0.25, -0.2) is 0 Å². The number of hydrogen-bond donors (Lipinski definition) is 2. The molecule has 2 rings (SSSR count). The molecule has 2 nitrogen and oxygen atoms in total. The van der Waals surface area contributed by atoms with Gasteiger partial charge in [-0.15, -0.1) is 0 Å². The van der Waals surface area contributed by atoms with Crippen molar-refractivity contribution in [3.05, 3.63) is 29.8 Å². The van der Waals surface area contributed by atoms with Crippen LogP contribution in [0.1, 0.15) is 57.4 Å². The van der Waals surface area contributed by atoms with Gasteiger partial charge in [0.1, 0.15) is 0 Å². The predicted octanol–water partition coefficient (Wildman–Crippen LogP) is 3.07. The summed E-state index contributed by atoms with van der Waals surface area (Å²) in [6, 6.07) is 9.18. The second kappa shape index (κ2) is 8.31. The number of hydrogen-bond acceptors (Lipinski definition) is 1. The third-order valence-corrected chi connectivity index (χ3v) is 4.77. The molecule has 2 N–H and O–H groups in total. The molecule has 0 bridgehead atoms. The van der Waals surface area contributed by atoms with E-state index in [4.69, 9.17) is 0 Å². The lowest BCUT2D eigenvalue weighted by atomic mass is 9.98. The van der Waals surface area contributed by atoms with E-state index in [2.05, 4.69) is 43.4 Å². The van der Waals surface area contributed by atoms with E-state index in [1.54, 1.807) is 10.5 Å². The number of benzene rings is 1. The molecule has 1 saturated carbocycles. The van der Waals surface area contributed by atoms with Gasteiger partial charge in [-0.3, -0.25) is 0 Å². The van der Waals surface area contributed by atoms with Crippen LogP contribution < -0.4 is 10.2 Å². The van der Waals surface area contributed by atoms with Crippen molar-refractivity contribution < 1.29 is 4.90 Å². The molecule has 0 atom stereocenters. The molecule has 20 heavy (non-hydrogen) atoms. The van der Waals surface area contributed by atoms with Crippen molar-refractivity contribution >= 4 is 5.69 Å². The van der Waals surface area contributed by atoms with Crippen LogP contribution in [-0.2, 0) is 0 Å². The lowest BCUT2D eigenvalue weighted by Gasteiger charge is -2.15. The van der Waals surface area contributed by atoms with Gasteiger partial charge < -0.3 is 10.2 Å². The van der Waals surface area contributed by atoms with Crippen molar-refractivity contribution in [2.75, 3.05) is 31.5 Å². The number of anilines is 1. The highest BCUT2D eigenvalue weighted by atomic mass is 15.1. The standard InChI is InChI=1S/C18H30N2/c1-3-20(4-2)15-7-14-19-18-12-10-17(11-13-18)16-8-5-6-9-16/h10-13,16,19H,3-9,14-15H2,1-2H3/p+1. The van der Waals surface area contributed by atoms with Crippen molar-refractivity contribution in [2.45, 2.75) is 51.9 Å². The molecule has 1 aliphatic carbocycles. The van der Waals surface area contributed by atoms with Crippen LogP contribution in [0.4, 0.5) is 5.69 Å². The Morgan fingerprint density at radius 1 is 1.05 bits per heavy atom. The van der Waals surface area contributed by atoms with Gasteiger partial charge in [0.05, 0.1) is 19.6 Å². The Labute approximate surface area is 124 Å². The van der Waals surface area contributed by atoms with Gasteiger partial charge in [0.15, 0.2) is 0 Å². The summed E-state index contributed by atoms with van der Waals surface area (Å²) in [5.74, 6) is 0.829. The van der Waals surface area contributed by atoms with E-state index in [1.165, 1.54) is 57.4 Å². The topological polar surface area (TPSA) is 16.5 Å². The van der Waals surface area contributed by atoms with Gasteiger partial charge in [-0.1, -0.05) is 25.0 Å². The van der Waals surface area contributed by atoms with Crippen LogP contribution in [0.2, 0.25) is 0 Å². The minimum atomic E-state index is 0.829. The summed E-state index contributed by atoms with van der Waals surface area (Å²) in [5, 5.41) is 3.55. The molecule has 0 heterocycles. The fourth-order valence-corrected chi connectivity index (χ4v) is 3.31. The molecule has 0 aromatic heterocycles. The van der Waals surface area contributed by atoms with Gasteiger partial charge in [0, 0.05) is 18.7 Å². The zero-order valence-corrected chi connectivity index (χ0v) is 13.3. The highest BCUT2D eigenvalue weighted by Crippen LogP contribution is 2.34. The Morgan fingerprint density at radius 2 is 1.70 bits per heavy atom. The summed E-state index contributed by atoms with van der Waals surface area (Å²) in [7, 11) is 0. The smallest absolute Gasteiger partial charge is 0.0787 e. The Kier molecular flexibility index (Phi) is 6.38. The first-order valence-electron chi connectivity index (χ1n) is 8.50. The largest absolute Gasteiger partial charge is 0.385 e.